The Labute approximate surface area is 152 Å². The molecule has 25 heavy (non-hydrogen) atoms. The Morgan fingerprint density at radius 3 is 2.72 bits per heavy atom. The van der Waals surface area contributed by atoms with Crippen LogP contribution in [0.15, 0.2) is 23.3 Å². The highest BCUT2D eigenvalue weighted by Crippen LogP contribution is 2.59. The minimum Gasteiger partial charge on any atom is -0.359 e. The summed E-state index contributed by atoms with van der Waals surface area (Å²) in [6, 6.07) is 0. The molecule has 3 nitrogen and oxygen atoms in total. The maximum Gasteiger partial charge on any atom is 0.169 e. The summed E-state index contributed by atoms with van der Waals surface area (Å²) in [5.41, 5.74) is 4.07. The molecule has 0 N–H and O–H groups in total. The van der Waals surface area contributed by atoms with Crippen LogP contribution >= 0.6 is 0 Å². The van der Waals surface area contributed by atoms with E-state index in [0.717, 1.165) is 31.3 Å². The number of carbonyl (C=O) groups is 1. The molecular formula is C22H34O3. The van der Waals surface area contributed by atoms with E-state index in [-0.39, 0.29) is 30.0 Å². The smallest absolute Gasteiger partial charge is 0.169 e. The van der Waals surface area contributed by atoms with Crippen molar-refractivity contribution in [3.05, 3.63) is 23.3 Å². The highest BCUT2D eigenvalue weighted by Gasteiger charge is 2.58. The van der Waals surface area contributed by atoms with Gasteiger partial charge in [-0.1, -0.05) is 43.6 Å². The van der Waals surface area contributed by atoms with Gasteiger partial charge >= 0.3 is 0 Å². The van der Waals surface area contributed by atoms with Gasteiger partial charge in [0.1, 0.15) is 12.9 Å². The zero-order valence-corrected chi connectivity index (χ0v) is 16.4. The Kier molecular flexibility index (Phi) is 5.55. The van der Waals surface area contributed by atoms with Crippen LogP contribution in [0.2, 0.25) is 0 Å². The normalized spacial score (nSPS) is 42.4. The van der Waals surface area contributed by atoms with E-state index < -0.39 is 0 Å². The predicted octanol–water partition coefficient (Wildman–Crippen LogP) is 5.06. The van der Waals surface area contributed by atoms with Crippen molar-refractivity contribution in [1.29, 1.82) is 0 Å². The Morgan fingerprint density at radius 2 is 2.00 bits per heavy atom. The van der Waals surface area contributed by atoms with E-state index in [4.69, 9.17) is 9.47 Å². The van der Waals surface area contributed by atoms with Crippen molar-refractivity contribution < 1.29 is 14.3 Å². The lowest BCUT2D eigenvalue weighted by molar-refractivity contribution is -0.164. The molecule has 0 aromatic carbocycles. The molecule has 0 amide bonds. The van der Waals surface area contributed by atoms with E-state index in [9.17, 15) is 4.79 Å². The molecule has 3 heteroatoms. The minimum absolute atomic E-state index is 0.0543. The number of hydrogen-bond acceptors (Lipinski definition) is 3. The average Bonchev–Trinajstić information content (AvgIpc) is 2.92. The third-order valence-electron chi connectivity index (χ3n) is 7.06. The lowest BCUT2D eigenvalue weighted by Crippen LogP contribution is -2.52. The first kappa shape index (κ1) is 18.8. The van der Waals surface area contributed by atoms with Gasteiger partial charge in [-0.05, 0) is 51.4 Å². The first-order valence-corrected chi connectivity index (χ1v) is 9.91. The van der Waals surface area contributed by atoms with Gasteiger partial charge in [0.25, 0.3) is 0 Å². The quantitative estimate of drug-likeness (QED) is 0.529. The molecule has 0 aromatic rings. The molecule has 140 valence electrons. The monoisotopic (exact) mass is 346 g/mol. The van der Waals surface area contributed by atoms with Gasteiger partial charge in [-0.15, -0.1) is 0 Å². The molecule has 0 heterocycles. The van der Waals surface area contributed by atoms with Crippen LogP contribution in [0, 0.1) is 23.2 Å². The number of rotatable bonds is 3. The zero-order chi connectivity index (χ0) is 18.2. The Balaban J connectivity index is 2.04. The molecule has 0 aromatic heterocycles. The molecule has 3 aliphatic rings. The van der Waals surface area contributed by atoms with Crippen LogP contribution in [-0.4, -0.2) is 25.8 Å². The summed E-state index contributed by atoms with van der Waals surface area (Å²) in [4.78, 5) is 13.3. The summed E-state index contributed by atoms with van der Waals surface area (Å²) >= 11 is 0. The number of ether oxygens (including phenoxy) is 2. The van der Waals surface area contributed by atoms with Crippen LogP contribution in [0.4, 0.5) is 0 Å². The number of Topliss-reactive ketones (excluding diaryl/α,β-unsaturated/α-hetero) is 1. The van der Waals surface area contributed by atoms with Gasteiger partial charge in [0.2, 0.25) is 0 Å². The van der Waals surface area contributed by atoms with Crippen molar-refractivity contribution >= 4 is 5.78 Å². The van der Waals surface area contributed by atoms with Crippen LogP contribution in [0.3, 0.4) is 0 Å². The molecule has 0 aliphatic heterocycles. The predicted molar refractivity (Wildman–Crippen MR) is 100 cm³/mol. The van der Waals surface area contributed by atoms with E-state index in [1.807, 2.05) is 0 Å². The van der Waals surface area contributed by atoms with Gasteiger partial charge in [0, 0.05) is 24.4 Å². The molecular weight excluding hydrogens is 312 g/mol. The fourth-order valence-electron chi connectivity index (χ4n) is 5.58. The average molecular weight is 347 g/mol. The van der Waals surface area contributed by atoms with E-state index in [0.29, 0.717) is 11.8 Å². The summed E-state index contributed by atoms with van der Waals surface area (Å²) in [5, 5.41) is 0. The first-order valence-electron chi connectivity index (χ1n) is 9.91. The number of fused-ring (bicyclic) bond motifs is 1. The van der Waals surface area contributed by atoms with Crippen molar-refractivity contribution in [2.45, 2.75) is 71.8 Å². The van der Waals surface area contributed by atoms with Crippen molar-refractivity contribution in [2.75, 3.05) is 13.9 Å². The SMILES string of the molecule is C=C1[C@@H]2CC[C@@H](C)CCC/C(C)=C3/CC[C@@](C)([C@H]13)[C@@H](OCOC)C2=O. The summed E-state index contributed by atoms with van der Waals surface area (Å²) in [6.07, 6.45) is 7.43. The molecule has 0 spiro atoms. The highest BCUT2D eigenvalue weighted by atomic mass is 16.7. The first-order chi connectivity index (χ1) is 11.9. The second kappa shape index (κ2) is 7.36. The largest absolute Gasteiger partial charge is 0.359 e. The van der Waals surface area contributed by atoms with Crippen LogP contribution < -0.4 is 0 Å². The lowest BCUT2D eigenvalue weighted by atomic mass is 9.59. The molecule has 3 aliphatic carbocycles. The molecule has 2 saturated carbocycles. The Bertz CT molecular complexity index is 576. The van der Waals surface area contributed by atoms with Gasteiger partial charge in [-0.25, -0.2) is 0 Å². The minimum atomic E-state index is -0.366. The second-order valence-electron chi connectivity index (χ2n) is 8.80. The van der Waals surface area contributed by atoms with Gasteiger partial charge in [0.05, 0.1) is 0 Å². The third-order valence-corrected chi connectivity index (χ3v) is 7.06. The van der Waals surface area contributed by atoms with Crippen LogP contribution in [0.25, 0.3) is 0 Å². The standard InChI is InChI=1S/C22H34O3/c1-14-7-6-8-15(2)17-11-12-22(4)19(17)16(3)18(10-9-14)20(23)21(22)25-13-24-5/h14,18-19,21H,3,6-13H2,1-2,4-5H3/b17-15-/t14-,18-,19+,21-,22-/m0/s1. The van der Waals surface area contributed by atoms with Crippen LogP contribution in [-0.2, 0) is 14.3 Å². The topological polar surface area (TPSA) is 35.5 Å². The Hall–Kier alpha value is -0.930. The molecule has 2 fully saturated rings. The number of hydrogen-bond donors (Lipinski definition) is 0. The highest BCUT2D eigenvalue weighted by molar-refractivity contribution is 5.91. The van der Waals surface area contributed by atoms with E-state index in [1.165, 1.54) is 24.8 Å². The van der Waals surface area contributed by atoms with Crippen molar-refractivity contribution in [2.24, 2.45) is 23.2 Å². The van der Waals surface area contributed by atoms with E-state index >= 15 is 0 Å². The molecule has 5 atom stereocenters. The molecule has 0 radical (unpaired) electrons. The third kappa shape index (κ3) is 3.26. The molecule has 0 saturated heterocycles. The summed E-state index contributed by atoms with van der Waals surface area (Å²) in [7, 11) is 1.62. The van der Waals surface area contributed by atoms with Crippen molar-refractivity contribution in [1.82, 2.24) is 0 Å². The summed E-state index contributed by atoms with van der Waals surface area (Å²) in [5.74, 6) is 1.15. The second-order valence-corrected chi connectivity index (χ2v) is 8.80. The van der Waals surface area contributed by atoms with E-state index in [2.05, 4.69) is 27.4 Å². The number of ketones is 1. The summed E-state index contributed by atoms with van der Waals surface area (Å²) < 4.78 is 11.1. The van der Waals surface area contributed by atoms with Crippen LogP contribution in [0.1, 0.15) is 65.7 Å². The van der Waals surface area contributed by atoms with Gasteiger partial charge in [0.15, 0.2) is 5.78 Å². The maximum absolute atomic E-state index is 13.3. The van der Waals surface area contributed by atoms with Crippen LogP contribution in [0.5, 0.6) is 0 Å². The van der Waals surface area contributed by atoms with Crippen molar-refractivity contribution in [3.8, 4) is 0 Å². The fourth-order valence-corrected chi connectivity index (χ4v) is 5.58. The number of methoxy groups -OCH3 is 1. The van der Waals surface area contributed by atoms with E-state index in [1.54, 1.807) is 12.7 Å². The molecule has 3 rings (SSSR count). The maximum atomic E-state index is 13.3. The van der Waals surface area contributed by atoms with Gasteiger partial charge in [-0.2, -0.15) is 0 Å². The van der Waals surface area contributed by atoms with Crippen molar-refractivity contribution in [3.63, 3.8) is 0 Å². The number of allylic oxidation sites excluding steroid dienone is 3. The van der Waals surface area contributed by atoms with Gasteiger partial charge < -0.3 is 9.47 Å². The lowest BCUT2D eigenvalue weighted by Gasteiger charge is -2.47. The number of carbonyl (C=O) groups excluding carboxylic acids is 1. The zero-order valence-electron chi connectivity index (χ0n) is 16.4. The van der Waals surface area contributed by atoms with Gasteiger partial charge in [-0.3, -0.25) is 4.79 Å². The fraction of sp³-hybridized carbons (Fsp3) is 0.773. The Morgan fingerprint density at radius 1 is 1.24 bits per heavy atom. The molecule has 0 unspecified atom stereocenters. The summed E-state index contributed by atoms with van der Waals surface area (Å²) in [6.45, 7) is 11.5. The molecule has 2 bridgehead atoms.